The molecule has 2 amide bonds. The second kappa shape index (κ2) is 8.62. The van der Waals surface area contributed by atoms with Gasteiger partial charge < -0.3 is 15.4 Å². The molecule has 2 aromatic rings. The van der Waals surface area contributed by atoms with E-state index in [0.29, 0.717) is 6.54 Å². The minimum Gasteiger partial charge on any atom is -0.497 e. The molecule has 0 saturated heterocycles. The number of hydrogen-bond donors (Lipinski definition) is 2. The van der Waals surface area contributed by atoms with Crippen LogP contribution in [-0.4, -0.2) is 34.9 Å². The lowest BCUT2D eigenvalue weighted by molar-refractivity contribution is -0.125. The van der Waals surface area contributed by atoms with Crippen molar-refractivity contribution in [2.75, 3.05) is 7.11 Å². The van der Waals surface area contributed by atoms with Gasteiger partial charge >= 0.3 is 0 Å². The Morgan fingerprint density at radius 3 is 2.59 bits per heavy atom. The summed E-state index contributed by atoms with van der Waals surface area (Å²) in [4.78, 5) is 33.2. The Morgan fingerprint density at radius 1 is 1.15 bits per heavy atom. The first-order valence-corrected chi connectivity index (χ1v) is 9.07. The molecule has 0 bridgehead atoms. The third-order valence-electron chi connectivity index (χ3n) is 4.81. The van der Waals surface area contributed by atoms with Gasteiger partial charge in [0.05, 0.1) is 24.9 Å². The van der Waals surface area contributed by atoms with Crippen LogP contribution in [0.1, 0.15) is 41.0 Å². The highest BCUT2D eigenvalue weighted by atomic mass is 16.5. The Balaban J connectivity index is 1.55. The summed E-state index contributed by atoms with van der Waals surface area (Å²) < 4.78 is 5.13. The lowest BCUT2D eigenvalue weighted by Gasteiger charge is -2.20. The lowest BCUT2D eigenvalue weighted by atomic mass is 10.0. The molecule has 1 fully saturated rings. The van der Waals surface area contributed by atoms with Crippen LogP contribution in [0.4, 0.5) is 0 Å². The topological polar surface area (TPSA) is 93.2 Å². The molecule has 7 heteroatoms. The van der Waals surface area contributed by atoms with Crippen molar-refractivity contribution in [1.82, 2.24) is 20.6 Å². The number of benzene rings is 1. The molecule has 2 N–H and O–H groups in total. The van der Waals surface area contributed by atoms with E-state index in [1.807, 2.05) is 31.2 Å². The first kappa shape index (κ1) is 18.8. The zero-order valence-electron chi connectivity index (χ0n) is 15.6. The van der Waals surface area contributed by atoms with Crippen molar-refractivity contribution in [2.45, 2.75) is 38.8 Å². The van der Waals surface area contributed by atoms with Crippen LogP contribution in [0, 0.1) is 12.8 Å². The molecule has 27 heavy (non-hydrogen) atoms. The number of methoxy groups -OCH3 is 1. The van der Waals surface area contributed by atoms with Gasteiger partial charge in [-0.15, -0.1) is 0 Å². The second-order valence-electron chi connectivity index (χ2n) is 6.73. The van der Waals surface area contributed by atoms with E-state index < -0.39 is 0 Å². The smallest absolute Gasteiger partial charge is 0.271 e. The summed E-state index contributed by atoms with van der Waals surface area (Å²) in [6.07, 6.45) is 5.47. The molecular weight excluding hydrogens is 344 g/mol. The van der Waals surface area contributed by atoms with E-state index in [1.54, 1.807) is 13.3 Å². The number of ether oxygens (including phenoxy) is 1. The molecule has 7 nitrogen and oxygen atoms in total. The van der Waals surface area contributed by atoms with E-state index in [-0.39, 0.29) is 29.5 Å². The number of nitrogens with one attached hydrogen (secondary N) is 2. The average Bonchev–Trinajstić information content (AvgIpc) is 3.15. The van der Waals surface area contributed by atoms with Gasteiger partial charge in [-0.1, -0.05) is 18.6 Å². The molecule has 1 aliphatic carbocycles. The highest BCUT2D eigenvalue weighted by molar-refractivity contribution is 5.92. The predicted molar refractivity (Wildman–Crippen MR) is 100 cm³/mol. The molecule has 0 radical (unpaired) electrons. The van der Waals surface area contributed by atoms with E-state index >= 15 is 0 Å². The SMILES string of the molecule is COc1ccc(CNC(=O)[C@H]2CCC[C@H]2NC(=O)c2cnc(C)cn2)cc1. The van der Waals surface area contributed by atoms with Gasteiger partial charge in [-0.3, -0.25) is 14.6 Å². The average molecular weight is 368 g/mol. The Bertz CT molecular complexity index is 790. The highest BCUT2D eigenvalue weighted by Gasteiger charge is 2.34. The third-order valence-corrected chi connectivity index (χ3v) is 4.81. The number of carbonyl (C=O) groups excluding carboxylic acids is 2. The summed E-state index contributed by atoms with van der Waals surface area (Å²) in [5.74, 6) is 0.222. The number of aryl methyl sites for hydroxylation is 1. The minimum atomic E-state index is -0.289. The van der Waals surface area contributed by atoms with Crippen LogP contribution in [0.15, 0.2) is 36.7 Å². The fraction of sp³-hybridized carbons (Fsp3) is 0.400. The van der Waals surface area contributed by atoms with Gasteiger partial charge in [0.2, 0.25) is 5.91 Å². The largest absolute Gasteiger partial charge is 0.497 e. The first-order valence-electron chi connectivity index (χ1n) is 9.07. The number of nitrogens with zero attached hydrogens (tertiary/aromatic N) is 2. The highest BCUT2D eigenvalue weighted by Crippen LogP contribution is 2.26. The van der Waals surface area contributed by atoms with Crippen molar-refractivity contribution in [3.05, 3.63) is 53.6 Å². The van der Waals surface area contributed by atoms with E-state index in [4.69, 9.17) is 4.74 Å². The van der Waals surface area contributed by atoms with Gasteiger partial charge in [0.1, 0.15) is 11.4 Å². The Morgan fingerprint density at radius 2 is 1.93 bits per heavy atom. The van der Waals surface area contributed by atoms with Gasteiger partial charge in [0.25, 0.3) is 5.91 Å². The monoisotopic (exact) mass is 368 g/mol. The Kier molecular flexibility index (Phi) is 6.01. The predicted octanol–water partition coefficient (Wildman–Crippen LogP) is 2.01. The molecule has 1 aliphatic rings. The first-order chi connectivity index (χ1) is 13.1. The van der Waals surface area contributed by atoms with E-state index in [0.717, 1.165) is 36.3 Å². The summed E-state index contributed by atoms with van der Waals surface area (Å²) in [7, 11) is 1.62. The molecule has 142 valence electrons. The van der Waals surface area contributed by atoms with Crippen molar-refractivity contribution in [1.29, 1.82) is 0 Å². The molecular formula is C20H24N4O3. The van der Waals surface area contributed by atoms with Crippen LogP contribution in [0.25, 0.3) is 0 Å². The number of hydrogen-bond acceptors (Lipinski definition) is 5. The van der Waals surface area contributed by atoms with Gasteiger partial charge in [0.15, 0.2) is 0 Å². The summed E-state index contributed by atoms with van der Waals surface area (Å²) in [6.45, 7) is 2.26. The van der Waals surface area contributed by atoms with Crippen LogP contribution >= 0.6 is 0 Å². The van der Waals surface area contributed by atoms with Crippen molar-refractivity contribution in [3.63, 3.8) is 0 Å². The molecule has 1 aromatic carbocycles. The fourth-order valence-electron chi connectivity index (χ4n) is 3.26. The standard InChI is InChI=1S/C20H24N4O3/c1-13-10-22-18(12-21-13)20(26)24-17-5-3-4-16(17)19(25)23-11-14-6-8-15(27-2)9-7-14/h6-10,12,16-17H,3-5,11H2,1-2H3,(H,23,25)(H,24,26)/t16-,17+/m0/s1. The molecule has 1 aromatic heterocycles. The second-order valence-corrected chi connectivity index (χ2v) is 6.73. The molecule has 0 aliphatic heterocycles. The third kappa shape index (κ3) is 4.81. The maximum Gasteiger partial charge on any atom is 0.271 e. The van der Waals surface area contributed by atoms with Crippen LogP contribution in [0.5, 0.6) is 5.75 Å². The van der Waals surface area contributed by atoms with Crippen molar-refractivity contribution in [3.8, 4) is 5.75 Å². The summed E-state index contributed by atoms with van der Waals surface area (Å²) in [6, 6.07) is 7.38. The summed E-state index contributed by atoms with van der Waals surface area (Å²) in [5.41, 5.74) is 2.02. The van der Waals surface area contributed by atoms with Crippen molar-refractivity contribution >= 4 is 11.8 Å². The van der Waals surface area contributed by atoms with E-state index in [2.05, 4.69) is 20.6 Å². The van der Waals surface area contributed by atoms with Crippen LogP contribution in [0.3, 0.4) is 0 Å². The quantitative estimate of drug-likeness (QED) is 0.814. The summed E-state index contributed by atoms with van der Waals surface area (Å²) in [5, 5.41) is 5.91. The number of rotatable bonds is 6. The zero-order chi connectivity index (χ0) is 19.2. The molecule has 3 rings (SSSR count). The van der Waals surface area contributed by atoms with Gasteiger partial charge in [-0.2, -0.15) is 0 Å². The van der Waals surface area contributed by atoms with E-state index in [9.17, 15) is 9.59 Å². The molecule has 1 saturated carbocycles. The Hall–Kier alpha value is -2.96. The molecule has 0 spiro atoms. The van der Waals surface area contributed by atoms with E-state index in [1.165, 1.54) is 6.20 Å². The zero-order valence-corrected chi connectivity index (χ0v) is 15.6. The molecule has 2 atom stereocenters. The van der Waals surface area contributed by atoms with Crippen LogP contribution in [0.2, 0.25) is 0 Å². The summed E-state index contributed by atoms with van der Waals surface area (Å²) >= 11 is 0. The number of amides is 2. The number of aromatic nitrogens is 2. The van der Waals surface area contributed by atoms with Crippen molar-refractivity contribution < 1.29 is 14.3 Å². The minimum absolute atomic E-state index is 0.0383. The maximum absolute atomic E-state index is 12.6. The van der Waals surface area contributed by atoms with Gasteiger partial charge in [-0.05, 0) is 37.5 Å². The van der Waals surface area contributed by atoms with Crippen LogP contribution < -0.4 is 15.4 Å². The normalized spacial score (nSPS) is 18.7. The van der Waals surface area contributed by atoms with Crippen LogP contribution in [-0.2, 0) is 11.3 Å². The molecule has 1 heterocycles. The maximum atomic E-state index is 12.6. The Labute approximate surface area is 158 Å². The lowest BCUT2D eigenvalue weighted by Crippen LogP contribution is -2.44. The van der Waals surface area contributed by atoms with Gasteiger partial charge in [0, 0.05) is 18.8 Å². The fourth-order valence-corrected chi connectivity index (χ4v) is 3.26. The van der Waals surface area contributed by atoms with Crippen molar-refractivity contribution in [2.24, 2.45) is 5.92 Å². The van der Waals surface area contributed by atoms with Gasteiger partial charge in [-0.25, -0.2) is 4.98 Å². The number of carbonyl (C=O) groups is 2. The molecule has 0 unspecified atom stereocenters.